The molecule has 6 heteroatoms. The van der Waals surface area contributed by atoms with Gasteiger partial charge in [0, 0.05) is 5.56 Å². The maximum absolute atomic E-state index is 11.7. The summed E-state index contributed by atoms with van der Waals surface area (Å²) in [5.74, 6) is -1.64. The Hall–Kier alpha value is -1.92. The molecule has 1 aromatic carbocycles. The second kappa shape index (κ2) is 4.15. The van der Waals surface area contributed by atoms with Gasteiger partial charge in [0.05, 0.1) is 5.69 Å². The number of amides is 1. The first-order valence-corrected chi connectivity index (χ1v) is 5.12. The summed E-state index contributed by atoms with van der Waals surface area (Å²) in [7, 11) is 0. The minimum absolute atomic E-state index is 0.475. The van der Waals surface area contributed by atoms with Crippen LogP contribution < -0.4 is 10.4 Å². The number of fused-ring (bicyclic) bond motifs is 1. The first-order valence-electron chi connectivity index (χ1n) is 5.12. The fourth-order valence-electron chi connectivity index (χ4n) is 1.68. The van der Waals surface area contributed by atoms with Crippen LogP contribution in [0.3, 0.4) is 0 Å². The normalized spacial score (nSPS) is 20.2. The van der Waals surface area contributed by atoms with E-state index in [9.17, 15) is 14.7 Å². The molecule has 0 radical (unpaired) electrons. The Labute approximate surface area is 97.4 Å². The largest absolute Gasteiger partial charge is 0.480 e. The highest BCUT2D eigenvalue weighted by Gasteiger charge is 2.37. The SMILES string of the molecule is CC(NN1C(=O)C(O)c2ccccc21)C(=O)O. The molecule has 1 amide bonds. The monoisotopic (exact) mass is 236 g/mol. The molecule has 3 N–H and O–H groups in total. The average molecular weight is 236 g/mol. The maximum Gasteiger partial charge on any atom is 0.322 e. The smallest absolute Gasteiger partial charge is 0.322 e. The molecule has 0 fully saturated rings. The molecule has 2 rings (SSSR count). The van der Waals surface area contributed by atoms with Crippen molar-refractivity contribution in [3.63, 3.8) is 0 Å². The van der Waals surface area contributed by atoms with Gasteiger partial charge in [-0.25, -0.2) is 10.4 Å². The molecule has 90 valence electrons. The topological polar surface area (TPSA) is 89.9 Å². The summed E-state index contributed by atoms with van der Waals surface area (Å²) >= 11 is 0. The highest BCUT2D eigenvalue weighted by atomic mass is 16.4. The molecule has 1 aliphatic heterocycles. The van der Waals surface area contributed by atoms with Gasteiger partial charge in [0.15, 0.2) is 6.10 Å². The molecule has 1 aromatic rings. The Morgan fingerprint density at radius 2 is 2.12 bits per heavy atom. The lowest BCUT2D eigenvalue weighted by Gasteiger charge is -2.21. The molecule has 0 aliphatic carbocycles. The van der Waals surface area contributed by atoms with E-state index in [0.717, 1.165) is 5.01 Å². The molecular weight excluding hydrogens is 224 g/mol. The Bertz CT molecular complexity index is 474. The minimum atomic E-state index is -1.24. The van der Waals surface area contributed by atoms with Gasteiger partial charge in [0.1, 0.15) is 6.04 Å². The number of rotatable bonds is 3. The summed E-state index contributed by atoms with van der Waals surface area (Å²) in [6.45, 7) is 1.42. The van der Waals surface area contributed by atoms with Crippen LogP contribution in [0.4, 0.5) is 5.69 Å². The van der Waals surface area contributed by atoms with E-state index in [2.05, 4.69) is 5.43 Å². The van der Waals surface area contributed by atoms with E-state index >= 15 is 0 Å². The van der Waals surface area contributed by atoms with E-state index in [4.69, 9.17) is 5.11 Å². The Balaban J connectivity index is 2.30. The summed E-state index contributed by atoms with van der Waals surface area (Å²) in [5.41, 5.74) is 3.50. The molecule has 0 bridgehead atoms. The third-order valence-electron chi connectivity index (χ3n) is 2.62. The van der Waals surface area contributed by atoms with Crippen LogP contribution in [0.25, 0.3) is 0 Å². The third-order valence-corrected chi connectivity index (χ3v) is 2.62. The van der Waals surface area contributed by atoms with Gasteiger partial charge in [0.2, 0.25) is 0 Å². The van der Waals surface area contributed by atoms with Crippen molar-refractivity contribution in [2.45, 2.75) is 19.1 Å². The predicted molar refractivity (Wildman–Crippen MR) is 59.1 cm³/mol. The Morgan fingerprint density at radius 3 is 2.76 bits per heavy atom. The van der Waals surface area contributed by atoms with Crippen molar-refractivity contribution in [1.82, 2.24) is 5.43 Å². The molecule has 0 spiro atoms. The zero-order valence-corrected chi connectivity index (χ0v) is 9.12. The molecule has 1 aliphatic rings. The van der Waals surface area contributed by atoms with Crippen molar-refractivity contribution in [3.05, 3.63) is 29.8 Å². The van der Waals surface area contributed by atoms with Crippen molar-refractivity contribution in [2.75, 3.05) is 5.01 Å². The number of carbonyl (C=O) groups excluding carboxylic acids is 1. The Kier molecular flexibility index (Phi) is 2.83. The fraction of sp³-hybridized carbons (Fsp3) is 0.273. The lowest BCUT2D eigenvalue weighted by atomic mass is 10.1. The van der Waals surface area contributed by atoms with Gasteiger partial charge in [-0.1, -0.05) is 18.2 Å². The number of hydrogen-bond donors (Lipinski definition) is 3. The number of anilines is 1. The van der Waals surface area contributed by atoms with Crippen LogP contribution in [0.2, 0.25) is 0 Å². The predicted octanol–water partition coefficient (Wildman–Crippen LogP) is 0.0443. The molecule has 2 unspecified atom stereocenters. The number of hydrogen-bond acceptors (Lipinski definition) is 4. The first-order chi connectivity index (χ1) is 8.02. The molecule has 0 saturated carbocycles. The average Bonchev–Trinajstić information content (AvgIpc) is 2.55. The number of carbonyl (C=O) groups is 2. The van der Waals surface area contributed by atoms with Crippen LogP contribution >= 0.6 is 0 Å². The van der Waals surface area contributed by atoms with Crippen molar-refractivity contribution in [3.8, 4) is 0 Å². The molecule has 6 nitrogen and oxygen atoms in total. The van der Waals surface area contributed by atoms with Crippen molar-refractivity contribution >= 4 is 17.6 Å². The molecule has 17 heavy (non-hydrogen) atoms. The summed E-state index contributed by atoms with van der Waals surface area (Å²) in [6, 6.07) is 5.78. The number of nitrogens with zero attached hydrogens (tertiary/aromatic N) is 1. The van der Waals surface area contributed by atoms with Crippen LogP contribution in [0, 0.1) is 0 Å². The number of aliphatic hydroxyl groups excluding tert-OH is 1. The zero-order chi connectivity index (χ0) is 12.6. The van der Waals surface area contributed by atoms with Gasteiger partial charge in [-0.05, 0) is 13.0 Å². The second-order valence-corrected chi connectivity index (χ2v) is 3.82. The van der Waals surface area contributed by atoms with Crippen LogP contribution in [0.15, 0.2) is 24.3 Å². The molecule has 0 aromatic heterocycles. The lowest BCUT2D eigenvalue weighted by molar-refractivity contribution is -0.139. The maximum atomic E-state index is 11.7. The van der Waals surface area contributed by atoms with Crippen LogP contribution in [-0.2, 0) is 9.59 Å². The quantitative estimate of drug-likeness (QED) is 0.689. The number of aliphatic carboxylic acids is 1. The van der Waals surface area contributed by atoms with E-state index in [1.54, 1.807) is 24.3 Å². The van der Waals surface area contributed by atoms with Crippen LogP contribution in [-0.4, -0.2) is 28.1 Å². The van der Waals surface area contributed by atoms with E-state index in [1.807, 2.05) is 0 Å². The number of nitrogens with one attached hydrogen (secondary N) is 1. The molecular formula is C11H12N2O4. The fourth-order valence-corrected chi connectivity index (χ4v) is 1.68. The van der Waals surface area contributed by atoms with Crippen molar-refractivity contribution in [1.29, 1.82) is 0 Å². The standard InChI is InChI=1S/C11H12N2O4/c1-6(11(16)17)12-13-8-5-3-2-4-7(8)9(14)10(13)15/h2-6,9,12,14H,1H3,(H,16,17). The van der Waals surface area contributed by atoms with Gasteiger partial charge >= 0.3 is 5.97 Å². The second-order valence-electron chi connectivity index (χ2n) is 3.82. The van der Waals surface area contributed by atoms with Crippen LogP contribution in [0.1, 0.15) is 18.6 Å². The Morgan fingerprint density at radius 1 is 1.47 bits per heavy atom. The number of aliphatic hydroxyl groups is 1. The van der Waals surface area contributed by atoms with Gasteiger partial charge in [-0.15, -0.1) is 0 Å². The van der Waals surface area contributed by atoms with Gasteiger partial charge in [-0.2, -0.15) is 0 Å². The zero-order valence-electron chi connectivity index (χ0n) is 9.12. The lowest BCUT2D eigenvalue weighted by Crippen LogP contribution is -2.49. The molecule has 0 saturated heterocycles. The number of benzene rings is 1. The highest BCUT2D eigenvalue weighted by molar-refractivity contribution is 6.03. The number of hydrazine groups is 1. The van der Waals surface area contributed by atoms with Gasteiger partial charge in [-0.3, -0.25) is 9.59 Å². The number of para-hydroxylation sites is 1. The van der Waals surface area contributed by atoms with E-state index < -0.39 is 24.0 Å². The van der Waals surface area contributed by atoms with E-state index in [1.165, 1.54) is 6.92 Å². The van der Waals surface area contributed by atoms with Crippen molar-refractivity contribution < 1.29 is 19.8 Å². The third kappa shape index (κ3) is 1.88. The number of carboxylic acid groups (broad SMARTS) is 1. The van der Waals surface area contributed by atoms with Gasteiger partial charge < -0.3 is 10.2 Å². The first kappa shape index (κ1) is 11.6. The van der Waals surface area contributed by atoms with Crippen molar-refractivity contribution in [2.24, 2.45) is 0 Å². The summed E-state index contributed by atoms with van der Waals surface area (Å²) in [4.78, 5) is 22.5. The van der Waals surface area contributed by atoms with E-state index in [0.29, 0.717) is 11.3 Å². The minimum Gasteiger partial charge on any atom is -0.480 e. The summed E-state index contributed by atoms with van der Waals surface area (Å²) in [6.07, 6.45) is -1.24. The highest BCUT2D eigenvalue weighted by Crippen LogP contribution is 2.34. The summed E-state index contributed by atoms with van der Waals surface area (Å²) in [5, 5.41) is 19.6. The molecule has 1 heterocycles. The van der Waals surface area contributed by atoms with E-state index in [-0.39, 0.29) is 0 Å². The van der Waals surface area contributed by atoms with Gasteiger partial charge in [0.25, 0.3) is 5.91 Å². The summed E-state index contributed by atoms with van der Waals surface area (Å²) < 4.78 is 0. The molecule has 2 atom stereocenters. The van der Waals surface area contributed by atoms with Crippen LogP contribution in [0.5, 0.6) is 0 Å². The number of carboxylic acids is 1.